The molecule has 2 atom stereocenters. The van der Waals surface area contributed by atoms with Crippen LogP contribution in [-0.4, -0.2) is 203 Å². The van der Waals surface area contributed by atoms with Crippen molar-refractivity contribution in [2.24, 2.45) is 11.8 Å². The van der Waals surface area contributed by atoms with Crippen LogP contribution in [0.15, 0.2) is 12.1 Å². The van der Waals surface area contributed by atoms with Crippen LogP contribution in [0.25, 0.3) is 0 Å². The van der Waals surface area contributed by atoms with Gasteiger partial charge in [0.1, 0.15) is 11.4 Å². The lowest BCUT2D eigenvalue weighted by Gasteiger charge is -2.46. The largest absolute Gasteiger partial charge is 0.489 e. The molecular formula is C54H90N8O4+4. The molecule has 66 heavy (non-hydrogen) atoms. The number of benzene rings is 2. The number of hydrogen-bond acceptors (Lipinski definition) is 8. The monoisotopic (exact) mass is 915 g/mol. The molecule has 16 aliphatic rings. The number of nitrogens with zero attached hydrogens (tertiary/aromatic N) is 8. The van der Waals surface area contributed by atoms with Crippen molar-refractivity contribution in [3.05, 3.63) is 23.3 Å². The first-order valence-electron chi connectivity index (χ1n) is 27.1. The van der Waals surface area contributed by atoms with E-state index in [-0.39, 0.29) is 0 Å². The highest BCUT2D eigenvalue weighted by Crippen LogP contribution is 2.52. The Morgan fingerprint density at radius 2 is 0.652 bits per heavy atom. The Morgan fingerprint density at radius 3 is 0.955 bits per heavy atom. The van der Waals surface area contributed by atoms with E-state index >= 15 is 0 Å². The summed E-state index contributed by atoms with van der Waals surface area (Å²) in [6.45, 7) is 31.1. The fourth-order valence-electron chi connectivity index (χ4n) is 13.1. The van der Waals surface area contributed by atoms with Gasteiger partial charge in [-0.2, -0.15) is 0 Å². The van der Waals surface area contributed by atoms with Crippen LogP contribution < -0.4 is 38.5 Å². The first-order chi connectivity index (χ1) is 31.9. The Balaban J connectivity index is 1.02. The van der Waals surface area contributed by atoms with Gasteiger partial charge in [-0.3, -0.25) is 0 Å². The van der Waals surface area contributed by atoms with Crippen LogP contribution in [0, 0.1) is 11.8 Å². The zero-order valence-electron chi connectivity index (χ0n) is 42.6. The highest BCUT2D eigenvalue weighted by molar-refractivity contribution is 5.84. The van der Waals surface area contributed by atoms with Crippen molar-refractivity contribution in [1.82, 2.24) is 0 Å². The van der Waals surface area contributed by atoms with E-state index in [9.17, 15) is 0 Å². The topological polar surface area (TPSA) is 49.9 Å². The highest BCUT2D eigenvalue weighted by atomic mass is 16.5. The lowest BCUT2D eigenvalue weighted by molar-refractivity contribution is -0.910. The van der Waals surface area contributed by atoms with E-state index < -0.39 is 0 Å². The summed E-state index contributed by atoms with van der Waals surface area (Å²) in [6.07, 6.45) is 11.1. The average Bonchev–Trinajstić information content (AvgIpc) is 3.35. The van der Waals surface area contributed by atoms with Crippen LogP contribution in [0.1, 0.15) is 76.3 Å². The normalized spacial score (nSPS) is 25.8. The van der Waals surface area contributed by atoms with Crippen molar-refractivity contribution < 1.29 is 36.9 Å². The van der Waals surface area contributed by atoms with Gasteiger partial charge in [0.15, 0.2) is 23.0 Å². The van der Waals surface area contributed by atoms with Crippen LogP contribution in [-0.2, 0) is 12.8 Å². The third-order valence-corrected chi connectivity index (χ3v) is 18.5. The number of fused-ring (bicyclic) bond motifs is 12. The summed E-state index contributed by atoms with van der Waals surface area (Å²) in [5.41, 5.74) is 8.08. The molecule has 0 spiro atoms. The maximum Gasteiger partial charge on any atom is 0.186 e. The number of piperazine rings is 4. The molecule has 12 bridgehead atoms. The molecule has 0 radical (unpaired) electrons. The Kier molecular flexibility index (Phi) is 13.5. The van der Waals surface area contributed by atoms with Gasteiger partial charge < -0.3 is 56.5 Å². The Morgan fingerprint density at radius 1 is 0.379 bits per heavy atom. The number of likely N-dealkylation sites (N-methyl/N-ethyl adjacent to an activating group) is 4. The van der Waals surface area contributed by atoms with E-state index in [2.05, 4.69) is 73.8 Å². The predicted molar refractivity (Wildman–Crippen MR) is 270 cm³/mol. The van der Waals surface area contributed by atoms with Gasteiger partial charge in [0, 0.05) is 11.1 Å². The average molecular weight is 915 g/mol. The third kappa shape index (κ3) is 9.78. The summed E-state index contributed by atoms with van der Waals surface area (Å²) in [5, 5.41) is 0. The molecule has 4 saturated heterocycles. The molecule has 0 amide bonds. The Hall–Kier alpha value is -3.32. The summed E-state index contributed by atoms with van der Waals surface area (Å²) >= 11 is 0. The fourth-order valence-corrected chi connectivity index (χ4v) is 13.1. The Bertz CT molecular complexity index is 1850. The van der Waals surface area contributed by atoms with Gasteiger partial charge in [0.25, 0.3) is 0 Å². The van der Waals surface area contributed by atoms with Crippen molar-refractivity contribution in [1.29, 1.82) is 0 Å². The Labute approximate surface area is 399 Å². The van der Waals surface area contributed by atoms with Gasteiger partial charge in [-0.15, -0.1) is 0 Å². The van der Waals surface area contributed by atoms with Crippen molar-refractivity contribution in [2.75, 3.05) is 205 Å². The minimum atomic E-state index is 0.396. The van der Waals surface area contributed by atoms with E-state index in [0.29, 0.717) is 11.8 Å². The van der Waals surface area contributed by atoms with E-state index in [1.807, 2.05) is 0 Å². The number of rotatable bonds is 5. The number of ether oxygens (including phenoxy) is 4. The molecule has 16 heterocycles. The lowest BCUT2D eigenvalue weighted by atomic mass is 9.84. The van der Waals surface area contributed by atoms with Crippen molar-refractivity contribution in [3.8, 4) is 23.0 Å². The van der Waals surface area contributed by atoms with Gasteiger partial charge in [-0.05, 0) is 88.2 Å². The van der Waals surface area contributed by atoms with Gasteiger partial charge in [-0.1, -0.05) is 13.8 Å². The standard InChI is InChI=1S/C54H90N8O4/c1-43(39-45-41-47-49-53(65-37-13-9-25-61(5)31-19-57(49)20-32-61)51(45)63-35-11-7-23-59(3)27-15-55(47)16-28-59)44(2)40-46-42-48-50-54(66-38-14-10-26-62(6)33-21-58(50)22-34-62)52(46)64-36-12-8-24-60(4)29-17-56(48)18-30-60/h41-44H,7-40H2,1-6H3/q+4/t43-,44+. The second-order valence-electron chi connectivity index (χ2n) is 23.8. The minimum Gasteiger partial charge on any atom is -0.489 e. The molecule has 0 N–H and O–H groups in total. The summed E-state index contributed by atoms with van der Waals surface area (Å²) < 4.78 is 33.2. The number of anilines is 4. The van der Waals surface area contributed by atoms with E-state index in [1.54, 1.807) is 0 Å². The van der Waals surface area contributed by atoms with E-state index in [4.69, 9.17) is 18.9 Å². The van der Waals surface area contributed by atoms with E-state index in [0.717, 1.165) is 140 Å². The molecule has 0 aliphatic carbocycles. The molecule has 0 aromatic heterocycles. The van der Waals surface area contributed by atoms with Gasteiger partial charge >= 0.3 is 0 Å². The van der Waals surface area contributed by atoms with Gasteiger partial charge in [0.05, 0.1) is 197 Å². The van der Waals surface area contributed by atoms with Crippen LogP contribution in [0.5, 0.6) is 23.0 Å². The first kappa shape index (κ1) is 46.4. The summed E-state index contributed by atoms with van der Waals surface area (Å²) in [5.74, 6) is 4.93. The third-order valence-electron chi connectivity index (χ3n) is 18.5. The fraction of sp³-hybridized carbons (Fsp3) is 0.778. The number of hydrogen-bond donors (Lipinski definition) is 0. The molecule has 366 valence electrons. The molecule has 4 fully saturated rings. The molecular weight excluding hydrogens is 825 g/mol. The highest BCUT2D eigenvalue weighted by Gasteiger charge is 2.40. The van der Waals surface area contributed by atoms with Crippen LogP contribution in [0.2, 0.25) is 0 Å². The first-order valence-corrected chi connectivity index (χ1v) is 27.1. The smallest absolute Gasteiger partial charge is 0.186 e. The van der Waals surface area contributed by atoms with Crippen LogP contribution in [0.3, 0.4) is 0 Å². The van der Waals surface area contributed by atoms with Crippen LogP contribution >= 0.6 is 0 Å². The zero-order chi connectivity index (χ0) is 45.5. The summed E-state index contributed by atoms with van der Waals surface area (Å²) in [7, 11) is 9.95. The van der Waals surface area contributed by atoms with Gasteiger partial charge in [-0.25, -0.2) is 0 Å². The second kappa shape index (κ2) is 19.2. The molecule has 2 aromatic rings. The molecule has 2 aromatic carbocycles. The maximum absolute atomic E-state index is 7.13. The van der Waals surface area contributed by atoms with Crippen LogP contribution in [0.4, 0.5) is 22.7 Å². The van der Waals surface area contributed by atoms with Crippen molar-refractivity contribution in [2.45, 2.75) is 78.1 Å². The summed E-state index contributed by atoms with van der Waals surface area (Å²) in [4.78, 5) is 10.9. The molecule has 0 saturated carbocycles. The summed E-state index contributed by atoms with van der Waals surface area (Å²) in [6, 6.07) is 5.17. The van der Waals surface area contributed by atoms with Crippen molar-refractivity contribution >= 4 is 22.7 Å². The lowest BCUT2D eigenvalue weighted by Crippen LogP contribution is -2.59. The van der Waals surface area contributed by atoms with Crippen molar-refractivity contribution in [3.63, 3.8) is 0 Å². The quantitative estimate of drug-likeness (QED) is 0.316. The minimum absolute atomic E-state index is 0.396. The predicted octanol–water partition coefficient (Wildman–Crippen LogP) is 6.50. The van der Waals surface area contributed by atoms with E-state index in [1.165, 1.54) is 156 Å². The SMILES string of the molecule is C[C@H](Cc1cc2c3c(c1OCCCC[N+]1(C)CCN2CC1)OCCCC[N+]1(C)CCN3CC1)[C@@H](C)Cc1cc2c3c(c1OCCCC[N+]1(C)CCN2CC1)OCCCC[N+]1(C)CCN3CC1. The molecule has 0 unspecified atom stereocenters. The van der Waals surface area contributed by atoms with Gasteiger partial charge in [0.2, 0.25) is 0 Å². The second-order valence-corrected chi connectivity index (χ2v) is 23.8. The number of quaternary nitrogens is 4. The molecule has 12 nitrogen and oxygen atoms in total. The molecule has 12 heteroatoms. The molecule has 16 aliphatic heterocycles. The zero-order valence-corrected chi connectivity index (χ0v) is 42.6. The molecule has 18 rings (SSSR count). The maximum atomic E-state index is 7.13.